The van der Waals surface area contributed by atoms with Gasteiger partial charge in [-0.15, -0.1) is 0 Å². The quantitative estimate of drug-likeness (QED) is 0.635. The SMILES string of the molecule is CN=C(NCCc1ccco1)NC1CC2CCC1O2. The number of nitrogens with one attached hydrogen (secondary N) is 2. The smallest absolute Gasteiger partial charge is 0.191 e. The molecule has 3 heterocycles. The lowest BCUT2D eigenvalue weighted by atomic mass is 9.96. The van der Waals surface area contributed by atoms with Crippen molar-refractivity contribution in [1.82, 2.24) is 10.6 Å². The summed E-state index contributed by atoms with van der Waals surface area (Å²) in [7, 11) is 1.80. The van der Waals surface area contributed by atoms with Crippen molar-refractivity contribution in [3.8, 4) is 0 Å². The van der Waals surface area contributed by atoms with Crippen molar-refractivity contribution in [3.63, 3.8) is 0 Å². The largest absolute Gasteiger partial charge is 0.469 e. The first-order chi connectivity index (χ1) is 9.35. The Morgan fingerprint density at radius 3 is 3.05 bits per heavy atom. The van der Waals surface area contributed by atoms with Gasteiger partial charge in [0.05, 0.1) is 24.5 Å². The van der Waals surface area contributed by atoms with Gasteiger partial charge in [-0.3, -0.25) is 4.99 Å². The molecule has 2 bridgehead atoms. The molecule has 2 aliphatic rings. The van der Waals surface area contributed by atoms with E-state index in [0.717, 1.165) is 31.1 Å². The van der Waals surface area contributed by atoms with Crippen LogP contribution in [0.1, 0.15) is 25.0 Å². The van der Waals surface area contributed by atoms with E-state index in [0.29, 0.717) is 18.2 Å². The molecule has 0 saturated carbocycles. The standard InChI is InChI=1S/C14H21N3O2/c1-15-14(16-7-6-10-3-2-8-18-10)17-12-9-11-4-5-13(12)19-11/h2-3,8,11-13H,4-7,9H2,1H3,(H2,15,16,17). The summed E-state index contributed by atoms with van der Waals surface area (Å²) in [6.45, 7) is 0.814. The number of rotatable bonds is 4. The summed E-state index contributed by atoms with van der Waals surface area (Å²) in [5.41, 5.74) is 0. The molecule has 2 fully saturated rings. The highest BCUT2D eigenvalue weighted by Crippen LogP contribution is 2.34. The number of aliphatic imine (C=N–C) groups is 1. The molecule has 1 aromatic rings. The molecule has 0 spiro atoms. The Hall–Kier alpha value is -1.49. The second-order valence-corrected chi connectivity index (χ2v) is 5.19. The fourth-order valence-corrected chi connectivity index (χ4v) is 2.92. The highest BCUT2D eigenvalue weighted by atomic mass is 16.5. The van der Waals surface area contributed by atoms with Crippen LogP contribution in [0, 0.1) is 0 Å². The molecule has 3 unspecified atom stereocenters. The number of hydrogen-bond donors (Lipinski definition) is 2. The van der Waals surface area contributed by atoms with Crippen LogP contribution in [0.25, 0.3) is 0 Å². The van der Waals surface area contributed by atoms with Crippen molar-refractivity contribution < 1.29 is 9.15 Å². The topological polar surface area (TPSA) is 58.8 Å². The maximum absolute atomic E-state index is 5.83. The molecule has 0 radical (unpaired) electrons. The highest BCUT2D eigenvalue weighted by molar-refractivity contribution is 5.80. The Morgan fingerprint density at radius 2 is 2.42 bits per heavy atom. The molecule has 5 heteroatoms. The molecular formula is C14H21N3O2. The monoisotopic (exact) mass is 263 g/mol. The average molecular weight is 263 g/mol. The van der Waals surface area contributed by atoms with Gasteiger partial charge in [0.2, 0.25) is 0 Å². The second kappa shape index (κ2) is 5.65. The Morgan fingerprint density at radius 1 is 1.47 bits per heavy atom. The summed E-state index contributed by atoms with van der Waals surface area (Å²) in [5, 5.41) is 6.78. The maximum Gasteiger partial charge on any atom is 0.191 e. The molecule has 5 nitrogen and oxygen atoms in total. The normalized spacial score (nSPS) is 29.7. The lowest BCUT2D eigenvalue weighted by Crippen LogP contribution is -2.47. The number of nitrogens with zero attached hydrogens (tertiary/aromatic N) is 1. The number of furan rings is 1. The van der Waals surface area contributed by atoms with Crippen LogP contribution in [-0.4, -0.2) is 37.8 Å². The molecule has 2 saturated heterocycles. The molecule has 104 valence electrons. The molecule has 0 aliphatic carbocycles. The van der Waals surface area contributed by atoms with E-state index in [-0.39, 0.29) is 0 Å². The fourth-order valence-electron chi connectivity index (χ4n) is 2.92. The number of ether oxygens (including phenoxy) is 1. The van der Waals surface area contributed by atoms with Crippen LogP contribution < -0.4 is 10.6 Å². The van der Waals surface area contributed by atoms with Crippen molar-refractivity contribution in [2.24, 2.45) is 4.99 Å². The molecular weight excluding hydrogens is 242 g/mol. The minimum atomic E-state index is 0.369. The predicted molar refractivity (Wildman–Crippen MR) is 73.2 cm³/mol. The van der Waals surface area contributed by atoms with E-state index < -0.39 is 0 Å². The minimum absolute atomic E-state index is 0.369. The Bertz CT molecular complexity index is 430. The lowest BCUT2D eigenvalue weighted by Gasteiger charge is -2.22. The van der Waals surface area contributed by atoms with Gasteiger partial charge in [0, 0.05) is 20.0 Å². The van der Waals surface area contributed by atoms with Gasteiger partial charge in [-0.1, -0.05) is 0 Å². The second-order valence-electron chi connectivity index (χ2n) is 5.19. The van der Waals surface area contributed by atoms with Crippen LogP contribution in [0.15, 0.2) is 27.8 Å². The zero-order valence-corrected chi connectivity index (χ0v) is 11.3. The summed E-state index contributed by atoms with van der Waals surface area (Å²) >= 11 is 0. The number of hydrogen-bond acceptors (Lipinski definition) is 3. The first kappa shape index (κ1) is 12.5. The van der Waals surface area contributed by atoms with Gasteiger partial charge < -0.3 is 19.8 Å². The van der Waals surface area contributed by atoms with E-state index >= 15 is 0 Å². The Balaban J connectivity index is 1.43. The van der Waals surface area contributed by atoms with Crippen molar-refractivity contribution in [2.45, 2.75) is 43.9 Å². The van der Waals surface area contributed by atoms with Crippen LogP contribution in [-0.2, 0) is 11.2 Å². The van der Waals surface area contributed by atoms with Crippen molar-refractivity contribution in [1.29, 1.82) is 0 Å². The minimum Gasteiger partial charge on any atom is -0.469 e. The third kappa shape index (κ3) is 2.92. The third-order valence-corrected chi connectivity index (χ3v) is 3.90. The Kier molecular flexibility index (Phi) is 3.73. The summed E-state index contributed by atoms with van der Waals surface area (Å²) in [5.74, 6) is 1.85. The van der Waals surface area contributed by atoms with E-state index in [2.05, 4.69) is 15.6 Å². The van der Waals surface area contributed by atoms with Gasteiger partial charge >= 0.3 is 0 Å². The summed E-state index contributed by atoms with van der Waals surface area (Å²) in [4.78, 5) is 4.26. The molecule has 2 aliphatic heterocycles. The average Bonchev–Trinajstić information content (AvgIpc) is 3.14. The van der Waals surface area contributed by atoms with E-state index in [9.17, 15) is 0 Å². The van der Waals surface area contributed by atoms with Crippen LogP contribution in [0.4, 0.5) is 0 Å². The molecule has 19 heavy (non-hydrogen) atoms. The van der Waals surface area contributed by atoms with Crippen molar-refractivity contribution >= 4 is 5.96 Å². The summed E-state index contributed by atoms with van der Waals surface area (Å²) < 4.78 is 11.1. The summed E-state index contributed by atoms with van der Waals surface area (Å²) in [6, 6.07) is 4.31. The van der Waals surface area contributed by atoms with Gasteiger partial charge in [-0.05, 0) is 31.4 Å². The van der Waals surface area contributed by atoms with Crippen molar-refractivity contribution in [3.05, 3.63) is 24.2 Å². The molecule has 0 amide bonds. The van der Waals surface area contributed by atoms with E-state index in [1.807, 2.05) is 12.1 Å². The highest BCUT2D eigenvalue weighted by Gasteiger charge is 2.40. The number of fused-ring (bicyclic) bond motifs is 2. The van der Waals surface area contributed by atoms with E-state index in [1.165, 1.54) is 12.8 Å². The van der Waals surface area contributed by atoms with Crippen LogP contribution in [0.2, 0.25) is 0 Å². The van der Waals surface area contributed by atoms with E-state index in [1.54, 1.807) is 13.3 Å². The van der Waals surface area contributed by atoms with E-state index in [4.69, 9.17) is 9.15 Å². The van der Waals surface area contributed by atoms with Gasteiger partial charge in [-0.25, -0.2) is 0 Å². The van der Waals surface area contributed by atoms with Crippen LogP contribution >= 0.6 is 0 Å². The van der Waals surface area contributed by atoms with Crippen LogP contribution in [0.5, 0.6) is 0 Å². The van der Waals surface area contributed by atoms with Crippen molar-refractivity contribution in [2.75, 3.05) is 13.6 Å². The molecule has 3 atom stereocenters. The molecule has 1 aromatic heterocycles. The molecule has 3 rings (SSSR count). The Labute approximate surface area is 113 Å². The lowest BCUT2D eigenvalue weighted by molar-refractivity contribution is 0.0992. The molecule has 0 aromatic carbocycles. The predicted octanol–water partition coefficient (Wildman–Crippen LogP) is 1.31. The van der Waals surface area contributed by atoms with Gasteiger partial charge in [-0.2, -0.15) is 0 Å². The third-order valence-electron chi connectivity index (χ3n) is 3.90. The molecule has 2 N–H and O–H groups in total. The zero-order valence-electron chi connectivity index (χ0n) is 11.3. The van der Waals surface area contributed by atoms with Gasteiger partial charge in [0.15, 0.2) is 5.96 Å². The first-order valence-electron chi connectivity index (χ1n) is 7.00. The van der Waals surface area contributed by atoms with Crippen LogP contribution in [0.3, 0.4) is 0 Å². The maximum atomic E-state index is 5.83. The van der Waals surface area contributed by atoms with Gasteiger partial charge in [0.25, 0.3) is 0 Å². The fraction of sp³-hybridized carbons (Fsp3) is 0.643. The number of guanidine groups is 1. The summed E-state index contributed by atoms with van der Waals surface area (Å²) in [6.07, 6.45) is 6.89. The van der Waals surface area contributed by atoms with Gasteiger partial charge in [0.1, 0.15) is 5.76 Å². The first-order valence-corrected chi connectivity index (χ1v) is 7.00. The zero-order chi connectivity index (χ0) is 13.1.